The highest BCUT2D eigenvalue weighted by Gasteiger charge is 2.25. The molecule has 0 aliphatic heterocycles. The van der Waals surface area contributed by atoms with Gasteiger partial charge in [0.05, 0.1) is 6.04 Å². The van der Waals surface area contributed by atoms with Gasteiger partial charge < -0.3 is 5.73 Å². The fraction of sp³-hybridized carbons (Fsp3) is 0.520. The maximum absolute atomic E-state index is 7.07. The Kier molecular flexibility index (Phi) is 6.69. The molecule has 1 nitrogen and oxygen atoms in total. The van der Waals surface area contributed by atoms with E-state index < -0.39 is 0 Å². The van der Waals surface area contributed by atoms with Crippen molar-refractivity contribution in [3.63, 3.8) is 0 Å². The van der Waals surface area contributed by atoms with Crippen LogP contribution in [0.4, 0.5) is 0 Å². The van der Waals surface area contributed by atoms with E-state index in [0.29, 0.717) is 23.7 Å². The first-order valence-electron chi connectivity index (χ1n) is 10.2. The van der Waals surface area contributed by atoms with Crippen LogP contribution in [-0.2, 0) is 0 Å². The molecule has 0 saturated heterocycles. The van der Waals surface area contributed by atoms with Gasteiger partial charge in [0.1, 0.15) is 0 Å². The van der Waals surface area contributed by atoms with Gasteiger partial charge in [0.2, 0.25) is 0 Å². The summed E-state index contributed by atoms with van der Waals surface area (Å²) < 4.78 is 0. The van der Waals surface area contributed by atoms with Gasteiger partial charge >= 0.3 is 0 Å². The summed E-state index contributed by atoms with van der Waals surface area (Å²) >= 11 is 0. The van der Waals surface area contributed by atoms with Crippen LogP contribution in [0.5, 0.6) is 0 Å². The normalized spacial score (nSPS) is 12.2. The molecule has 0 spiro atoms. The third kappa shape index (κ3) is 4.04. The van der Waals surface area contributed by atoms with Crippen molar-refractivity contribution >= 4 is 0 Å². The van der Waals surface area contributed by atoms with Gasteiger partial charge in [-0.3, -0.25) is 0 Å². The van der Waals surface area contributed by atoms with Gasteiger partial charge in [-0.2, -0.15) is 0 Å². The van der Waals surface area contributed by atoms with Crippen molar-refractivity contribution in [3.05, 3.63) is 69.8 Å². The van der Waals surface area contributed by atoms with Crippen LogP contribution >= 0.6 is 0 Å². The molecule has 2 aromatic carbocycles. The summed E-state index contributed by atoms with van der Waals surface area (Å²) in [6.45, 7) is 18.2. The Morgan fingerprint density at radius 1 is 0.500 bits per heavy atom. The summed E-state index contributed by atoms with van der Waals surface area (Å²) in [6, 6.07) is 13.4. The quantitative estimate of drug-likeness (QED) is 0.583. The third-order valence-electron chi connectivity index (χ3n) is 5.46. The average molecular weight is 352 g/mol. The topological polar surface area (TPSA) is 26.0 Å². The molecule has 0 amide bonds. The van der Waals surface area contributed by atoms with E-state index in [9.17, 15) is 0 Å². The number of hydrogen-bond donors (Lipinski definition) is 1. The summed E-state index contributed by atoms with van der Waals surface area (Å²) in [7, 11) is 0. The largest absolute Gasteiger partial charge is 0.320 e. The first-order chi connectivity index (χ1) is 12.2. The van der Waals surface area contributed by atoms with E-state index >= 15 is 0 Å². The zero-order valence-electron chi connectivity index (χ0n) is 17.9. The Balaban J connectivity index is 2.80. The second kappa shape index (κ2) is 8.39. The Labute approximate surface area is 161 Å². The molecular formula is C25H37N. The fourth-order valence-corrected chi connectivity index (χ4v) is 4.08. The summed E-state index contributed by atoms with van der Waals surface area (Å²) in [5, 5.41) is 0. The predicted octanol–water partition coefficient (Wildman–Crippen LogP) is 7.23. The van der Waals surface area contributed by atoms with Crippen LogP contribution in [0.3, 0.4) is 0 Å². The van der Waals surface area contributed by atoms with Gasteiger partial charge in [-0.05, 0) is 57.1 Å². The standard InChI is InChI=1S/C25H37N/c1-15(2)19-11-9-12-20(16(3)4)23(19)25(26)24-21(17(5)6)13-10-14-22(24)18(7)8/h9-18,25H,26H2,1-8H3. The minimum Gasteiger partial charge on any atom is -0.320 e. The van der Waals surface area contributed by atoms with E-state index in [1.807, 2.05) is 0 Å². The lowest BCUT2D eigenvalue weighted by atomic mass is 9.78. The molecule has 0 aliphatic rings. The van der Waals surface area contributed by atoms with E-state index in [1.165, 1.54) is 33.4 Å². The summed E-state index contributed by atoms with van der Waals surface area (Å²) in [5.74, 6) is 1.85. The third-order valence-corrected chi connectivity index (χ3v) is 5.46. The highest BCUT2D eigenvalue weighted by Crippen LogP contribution is 2.39. The number of rotatable bonds is 6. The molecule has 0 saturated carbocycles. The van der Waals surface area contributed by atoms with E-state index in [4.69, 9.17) is 5.73 Å². The Morgan fingerprint density at radius 3 is 0.923 bits per heavy atom. The molecule has 2 N–H and O–H groups in total. The van der Waals surface area contributed by atoms with Crippen molar-refractivity contribution in [1.82, 2.24) is 0 Å². The molecule has 0 atom stereocenters. The van der Waals surface area contributed by atoms with Crippen molar-refractivity contribution in [2.75, 3.05) is 0 Å². The van der Waals surface area contributed by atoms with Gasteiger partial charge in [0, 0.05) is 0 Å². The molecule has 0 unspecified atom stereocenters. The monoisotopic (exact) mass is 351 g/mol. The Hall–Kier alpha value is -1.60. The SMILES string of the molecule is CC(C)c1cccc(C(C)C)c1C(N)c1c(C(C)C)cccc1C(C)C. The first kappa shape index (κ1) is 20.7. The molecule has 0 fully saturated rings. The summed E-state index contributed by atoms with van der Waals surface area (Å²) in [5.41, 5.74) is 15.3. The number of nitrogens with two attached hydrogens (primary N) is 1. The molecule has 0 radical (unpaired) electrons. The van der Waals surface area contributed by atoms with Crippen LogP contribution in [0.1, 0.15) is 118 Å². The van der Waals surface area contributed by atoms with Crippen molar-refractivity contribution in [3.8, 4) is 0 Å². The van der Waals surface area contributed by atoms with Gasteiger partial charge in [0.15, 0.2) is 0 Å². The maximum atomic E-state index is 7.07. The minimum atomic E-state index is -0.0815. The molecule has 0 heterocycles. The van der Waals surface area contributed by atoms with Crippen molar-refractivity contribution in [2.45, 2.75) is 85.1 Å². The molecule has 0 bridgehead atoms. The second-order valence-corrected chi connectivity index (χ2v) is 8.80. The molecule has 0 aliphatic carbocycles. The van der Waals surface area contributed by atoms with Crippen molar-refractivity contribution < 1.29 is 0 Å². The van der Waals surface area contributed by atoms with E-state index in [0.717, 1.165) is 0 Å². The maximum Gasteiger partial charge on any atom is 0.0562 e. The lowest BCUT2D eigenvalue weighted by Gasteiger charge is -2.29. The highest BCUT2D eigenvalue weighted by atomic mass is 14.6. The second-order valence-electron chi connectivity index (χ2n) is 8.80. The summed E-state index contributed by atoms with van der Waals surface area (Å²) in [6.07, 6.45) is 0. The number of hydrogen-bond acceptors (Lipinski definition) is 1. The Bertz CT molecular complexity index is 622. The molecule has 2 aromatic rings. The molecule has 26 heavy (non-hydrogen) atoms. The lowest BCUT2D eigenvalue weighted by Crippen LogP contribution is -2.21. The van der Waals surface area contributed by atoms with Gasteiger partial charge in [0.25, 0.3) is 0 Å². The van der Waals surface area contributed by atoms with Crippen molar-refractivity contribution in [2.24, 2.45) is 5.73 Å². The minimum absolute atomic E-state index is 0.0815. The van der Waals surface area contributed by atoms with Crippen LogP contribution < -0.4 is 5.73 Å². The fourth-order valence-electron chi connectivity index (χ4n) is 4.08. The first-order valence-corrected chi connectivity index (χ1v) is 10.2. The van der Waals surface area contributed by atoms with E-state index in [1.54, 1.807) is 0 Å². The van der Waals surface area contributed by atoms with E-state index in [2.05, 4.69) is 91.8 Å². The van der Waals surface area contributed by atoms with Crippen molar-refractivity contribution in [1.29, 1.82) is 0 Å². The Morgan fingerprint density at radius 2 is 0.731 bits per heavy atom. The molecular weight excluding hydrogens is 314 g/mol. The van der Waals surface area contributed by atoms with Crippen LogP contribution in [0, 0.1) is 0 Å². The molecule has 2 rings (SSSR count). The molecule has 0 aromatic heterocycles. The molecule has 1 heteroatoms. The van der Waals surface area contributed by atoms with Crippen LogP contribution in [0.15, 0.2) is 36.4 Å². The highest BCUT2D eigenvalue weighted by molar-refractivity contribution is 5.51. The van der Waals surface area contributed by atoms with Crippen LogP contribution in [0.2, 0.25) is 0 Å². The molecule has 142 valence electrons. The van der Waals surface area contributed by atoms with Crippen LogP contribution in [0.25, 0.3) is 0 Å². The summed E-state index contributed by atoms with van der Waals surface area (Å²) in [4.78, 5) is 0. The number of benzene rings is 2. The zero-order valence-corrected chi connectivity index (χ0v) is 17.9. The zero-order chi connectivity index (χ0) is 19.6. The smallest absolute Gasteiger partial charge is 0.0562 e. The lowest BCUT2D eigenvalue weighted by molar-refractivity contribution is 0.715. The van der Waals surface area contributed by atoms with Gasteiger partial charge in [-0.1, -0.05) is 91.8 Å². The average Bonchev–Trinajstić information content (AvgIpc) is 2.59. The van der Waals surface area contributed by atoms with Crippen LogP contribution in [-0.4, -0.2) is 0 Å². The van der Waals surface area contributed by atoms with Gasteiger partial charge in [-0.25, -0.2) is 0 Å². The van der Waals surface area contributed by atoms with E-state index in [-0.39, 0.29) is 6.04 Å². The van der Waals surface area contributed by atoms with Gasteiger partial charge in [-0.15, -0.1) is 0 Å². The predicted molar refractivity (Wildman–Crippen MR) is 115 cm³/mol.